The molecule has 0 aliphatic rings. The highest BCUT2D eigenvalue weighted by Crippen LogP contribution is 2.24. The first-order valence-electron chi connectivity index (χ1n) is 5.69. The number of nitro benzene ring substituents is 1. The van der Waals surface area contributed by atoms with Crippen LogP contribution in [0.2, 0.25) is 0 Å². The fourth-order valence-electron chi connectivity index (χ4n) is 1.63. The van der Waals surface area contributed by atoms with Crippen molar-refractivity contribution in [3.8, 4) is 0 Å². The summed E-state index contributed by atoms with van der Waals surface area (Å²) in [5.74, 6) is -1.47. The van der Waals surface area contributed by atoms with Crippen LogP contribution in [-0.4, -0.2) is 10.8 Å². The van der Waals surface area contributed by atoms with Crippen molar-refractivity contribution >= 4 is 38.9 Å². The number of benzene rings is 2. The number of hydrogen-bond donors (Lipinski definition) is 2. The fourth-order valence-corrected chi connectivity index (χ4v) is 2.05. The Balaban J connectivity index is 2.27. The lowest BCUT2D eigenvalue weighted by Gasteiger charge is -2.08. The van der Waals surface area contributed by atoms with Gasteiger partial charge in [0.15, 0.2) is 5.82 Å². The molecule has 0 radical (unpaired) electrons. The van der Waals surface area contributed by atoms with E-state index in [0.717, 1.165) is 18.2 Å². The first kappa shape index (κ1) is 14.9. The lowest BCUT2D eigenvalue weighted by atomic mass is 10.2. The third-order valence-corrected chi connectivity index (χ3v) is 3.34. The molecule has 1 amide bonds. The van der Waals surface area contributed by atoms with Crippen molar-refractivity contribution in [1.29, 1.82) is 0 Å². The highest BCUT2D eigenvalue weighted by molar-refractivity contribution is 9.10. The maximum atomic E-state index is 13.7. The largest absolute Gasteiger partial charge is 0.399 e. The molecule has 0 heterocycles. The monoisotopic (exact) mass is 353 g/mol. The van der Waals surface area contributed by atoms with Crippen LogP contribution < -0.4 is 11.1 Å². The molecule has 0 atom stereocenters. The molecule has 0 saturated heterocycles. The van der Waals surface area contributed by atoms with Crippen LogP contribution in [0, 0.1) is 15.9 Å². The second kappa shape index (κ2) is 5.88. The highest BCUT2D eigenvalue weighted by Gasteiger charge is 2.15. The SMILES string of the molecule is Nc1ccc(Br)c(C(=O)Nc2ccc([N+](=O)[O-])cc2F)c1. The molecule has 2 rings (SSSR count). The van der Waals surface area contributed by atoms with E-state index in [1.165, 1.54) is 6.07 Å². The summed E-state index contributed by atoms with van der Waals surface area (Å²) in [5.41, 5.74) is 5.66. The Kier molecular flexibility index (Phi) is 4.18. The maximum absolute atomic E-state index is 13.7. The van der Waals surface area contributed by atoms with Gasteiger partial charge in [-0.25, -0.2) is 4.39 Å². The molecule has 0 fully saturated rings. The van der Waals surface area contributed by atoms with Gasteiger partial charge in [-0.15, -0.1) is 0 Å². The van der Waals surface area contributed by atoms with Crippen molar-refractivity contribution in [2.24, 2.45) is 0 Å². The van der Waals surface area contributed by atoms with Crippen molar-refractivity contribution in [1.82, 2.24) is 0 Å². The summed E-state index contributed by atoms with van der Waals surface area (Å²) < 4.78 is 14.2. The van der Waals surface area contributed by atoms with Crippen molar-refractivity contribution in [3.63, 3.8) is 0 Å². The molecule has 2 aromatic carbocycles. The summed E-state index contributed by atoms with van der Waals surface area (Å²) in [6, 6.07) is 7.61. The molecule has 0 bridgehead atoms. The first-order valence-corrected chi connectivity index (χ1v) is 6.48. The van der Waals surface area contributed by atoms with Gasteiger partial charge in [0.25, 0.3) is 11.6 Å². The summed E-state index contributed by atoms with van der Waals surface area (Å²) in [6.45, 7) is 0. The zero-order chi connectivity index (χ0) is 15.6. The Bertz CT molecular complexity index is 737. The van der Waals surface area contributed by atoms with Gasteiger partial charge in [0.05, 0.1) is 22.2 Å². The summed E-state index contributed by atoms with van der Waals surface area (Å²) in [5, 5.41) is 12.9. The predicted molar refractivity (Wildman–Crippen MR) is 79.6 cm³/mol. The third-order valence-electron chi connectivity index (χ3n) is 2.65. The average molecular weight is 354 g/mol. The zero-order valence-corrected chi connectivity index (χ0v) is 12.1. The number of non-ortho nitro benzene ring substituents is 1. The Labute approximate surface area is 127 Å². The van der Waals surface area contributed by atoms with E-state index in [4.69, 9.17) is 5.73 Å². The lowest BCUT2D eigenvalue weighted by Crippen LogP contribution is -2.14. The number of halogens is 2. The van der Waals surface area contributed by atoms with Gasteiger partial charge in [-0.1, -0.05) is 0 Å². The Morgan fingerprint density at radius 3 is 2.62 bits per heavy atom. The molecular formula is C13H9BrFN3O3. The van der Waals surface area contributed by atoms with E-state index in [-0.39, 0.29) is 11.3 Å². The Morgan fingerprint density at radius 2 is 2.00 bits per heavy atom. The summed E-state index contributed by atoms with van der Waals surface area (Å²) in [4.78, 5) is 21.9. The second-order valence-electron chi connectivity index (χ2n) is 4.11. The molecule has 0 spiro atoms. The van der Waals surface area contributed by atoms with Crippen LogP contribution in [0.5, 0.6) is 0 Å². The van der Waals surface area contributed by atoms with Crippen LogP contribution in [-0.2, 0) is 0 Å². The van der Waals surface area contributed by atoms with Crippen LogP contribution >= 0.6 is 15.9 Å². The molecule has 0 aromatic heterocycles. The number of nitrogens with two attached hydrogens (primary N) is 1. The van der Waals surface area contributed by atoms with E-state index in [2.05, 4.69) is 21.2 Å². The van der Waals surface area contributed by atoms with Crippen molar-refractivity contribution in [2.75, 3.05) is 11.1 Å². The number of nitrogens with zero attached hydrogens (tertiary/aromatic N) is 1. The molecule has 0 unspecified atom stereocenters. The van der Waals surface area contributed by atoms with E-state index < -0.39 is 22.3 Å². The molecule has 108 valence electrons. The van der Waals surface area contributed by atoms with Crippen LogP contribution in [0.4, 0.5) is 21.5 Å². The van der Waals surface area contributed by atoms with Gasteiger partial charge in [0.1, 0.15) is 0 Å². The first-order chi connectivity index (χ1) is 9.88. The molecule has 2 aromatic rings. The van der Waals surface area contributed by atoms with E-state index in [9.17, 15) is 19.3 Å². The predicted octanol–water partition coefficient (Wildman–Crippen LogP) is 3.33. The fraction of sp³-hybridized carbons (Fsp3) is 0. The van der Waals surface area contributed by atoms with Crippen molar-refractivity contribution in [2.45, 2.75) is 0 Å². The molecule has 0 saturated carbocycles. The van der Waals surface area contributed by atoms with E-state index >= 15 is 0 Å². The number of hydrogen-bond acceptors (Lipinski definition) is 4. The van der Waals surface area contributed by atoms with Crippen LogP contribution in [0.15, 0.2) is 40.9 Å². The van der Waals surface area contributed by atoms with E-state index in [0.29, 0.717) is 10.2 Å². The molecule has 6 nitrogen and oxygen atoms in total. The van der Waals surface area contributed by atoms with Gasteiger partial charge in [0.2, 0.25) is 0 Å². The van der Waals surface area contributed by atoms with Gasteiger partial charge in [-0.3, -0.25) is 14.9 Å². The van der Waals surface area contributed by atoms with Gasteiger partial charge in [-0.05, 0) is 40.2 Å². The van der Waals surface area contributed by atoms with Gasteiger partial charge >= 0.3 is 0 Å². The molecule has 0 aliphatic carbocycles. The van der Waals surface area contributed by atoms with Crippen LogP contribution in [0.3, 0.4) is 0 Å². The normalized spacial score (nSPS) is 10.2. The van der Waals surface area contributed by atoms with Gasteiger partial charge in [0, 0.05) is 16.2 Å². The van der Waals surface area contributed by atoms with Crippen molar-refractivity contribution < 1.29 is 14.1 Å². The standard InChI is InChI=1S/C13H9BrFN3O3/c14-10-3-1-7(16)5-9(10)13(19)17-12-4-2-8(18(20)21)6-11(12)15/h1-6H,16H2,(H,17,19). The number of carbonyl (C=O) groups excluding carboxylic acids is 1. The highest BCUT2D eigenvalue weighted by atomic mass is 79.9. The number of nitrogens with one attached hydrogen (secondary N) is 1. The molecular weight excluding hydrogens is 345 g/mol. The molecule has 21 heavy (non-hydrogen) atoms. The minimum absolute atomic E-state index is 0.153. The maximum Gasteiger partial charge on any atom is 0.272 e. The average Bonchev–Trinajstić information content (AvgIpc) is 2.43. The number of anilines is 2. The van der Waals surface area contributed by atoms with Gasteiger partial charge in [-0.2, -0.15) is 0 Å². The Morgan fingerprint density at radius 1 is 1.29 bits per heavy atom. The van der Waals surface area contributed by atoms with Crippen LogP contribution in [0.1, 0.15) is 10.4 Å². The quantitative estimate of drug-likeness (QED) is 0.502. The summed E-state index contributed by atoms with van der Waals surface area (Å²) in [6.07, 6.45) is 0. The summed E-state index contributed by atoms with van der Waals surface area (Å²) >= 11 is 3.19. The zero-order valence-electron chi connectivity index (χ0n) is 10.5. The number of amides is 1. The number of rotatable bonds is 3. The smallest absolute Gasteiger partial charge is 0.272 e. The molecule has 8 heteroatoms. The minimum atomic E-state index is -0.891. The topological polar surface area (TPSA) is 98.3 Å². The Hall–Kier alpha value is -2.48. The number of nitrogen functional groups attached to an aromatic ring is 1. The van der Waals surface area contributed by atoms with E-state index in [1.54, 1.807) is 12.1 Å². The molecule has 3 N–H and O–H groups in total. The number of nitro groups is 1. The van der Waals surface area contributed by atoms with Crippen molar-refractivity contribution in [3.05, 3.63) is 62.4 Å². The van der Waals surface area contributed by atoms with Crippen LogP contribution in [0.25, 0.3) is 0 Å². The third kappa shape index (κ3) is 3.34. The minimum Gasteiger partial charge on any atom is -0.399 e. The summed E-state index contributed by atoms with van der Waals surface area (Å²) in [7, 11) is 0. The second-order valence-corrected chi connectivity index (χ2v) is 4.97. The van der Waals surface area contributed by atoms with Gasteiger partial charge < -0.3 is 11.1 Å². The molecule has 0 aliphatic heterocycles. The number of carbonyl (C=O) groups is 1. The van der Waals surface area contributed by atoms with E-state index in [1.807, 2.05) is 0 Å². The lowest BCUT2D eigenvalue weighted by molar-refractivity contribution is -0.385.